The molecule has 0 bridgehead atoms. The third-order valence-electron chi connectivity index (χ3n) is 4.77. The number of anilines is 1. The van der Waals surface area contributed by atoms with Crippen molar-refractivity contribution in [3.8, 4) is 5.75 Å². The topological polar surface area (TPSA) is 84.9 Å². The van der Waals surface area contributed by atoms with E-state index in [4.69, 9.17) is 9.47 Å². The Balaban J connectivity index is 1.64. The molecular formula is C21H26N2O5S. The van der Waals surface area contributed by atoms with Gasteiger partial charge in [0.25, 0.3) is 5.91 Å². The average Bonchev–Trinajstić information content (AvgIpc) is 2.70. The molecule has 1 fully saturated rings. The first-order chi connectivity index (χ1) is 13.8. The number of rotatable bonds is 6. The Labute approximate surface area is 171 Å². The summed E-state index contributed by atoms with van der Waals surface area (Å²) < 4.78 is 37.7. The predicted molar refractivity (Wildman–Crippen MR) is 111 cm³/mol. The molecule has 7 nitrogen and oxygen atoms in total. The van der Waals surface area contributed by atoms with Crippen LogP contribution in [0.1, 0.15) is 16.7 Å². The normalized spacial score (nSPS) is 15.1. The molecule has 1 aliphatic rings. The summed E-state index contributed by atoms with van der Waals surface area (Å²) in [7, 11) is -3.56. The summed E-state index contributed by atoms with van der Waals surface area (Å²) in [4.78, 5) is 12.4. The molecule has 0 spiro atoms. The Bertz CT molecular complexity index is 998. The van der Waals surface area contributed by atoms with Gasteiger partial charge in [-0.1, -0.05) is 17.7 Å². The van der Waals surface area contributed by atoms with Crippen molar-refractivity contribution >= 4 is 21.6 Å². The minimum atomic E-state index is -3.56. The number of nitrogens with one attached hydrogen (secondary N) is 1. The fourth-order valence-electron chi connectivity index (χ4n) is 3.16. The maximum absolute atomic E-state index is 12.7. The van der Waals surface area contributed by atoms with Crippen molar-refractivity contribution in [1.82, 2.24) is 4.31 Å². The lowest BCUT2D eigenvalue weighted by Gasteiger charge is -2.26. The van der Waals surface area contributed by atoms with Gasteiger partial charge in [0.1, 0.15) is 5.75 Å². The van der Waals surface area contributed by atoms with E-state index < -0.39 is 10.0 Å². The van der Waals surface area contributed by atoms with Gasteiger partial charge in [-0.15, -0.1) is 0 Å². The van der Waals surface area contributed by atoms with Gasteiger partial charge in [-0.05, 0) is 56.2 Å². The zero-order valence-corrected chi connectivity index (χ0v) is 17.7. The Morgan fingerprint density at radius 1 is 1.07 bits per heavy atom. The first kappa shape index (κ1) is 21.3. The maximum Gasteiger partial charge on any atom is 0.262 e. The lowest BCUT2D eigenvalue weighted by molar-refractivity contribution is -0.118. The minimum Gasteiger partial charge on any atom is -0.483 e. The van der Waals surface area contributed by atoms with Gasteiger partial charge in [0, 0.05) is 18.8 Å². The third kappa shape index (κ3) is 5.14. The van der Waals surface area contributed by atoms with E-state index in [9.17, 15) is 13.2 Å². The fourth-order valence-corrected chi connectivity index (χ4v) is 4.66. The van der Waals surface area contributed by atoms with Crippen LogP contribution >= 0.6 is 0 Å². The SMILES string of the molecule is Cc1ccc(NC(=O)COc2ccc(S(=O)(=O)N3CCOCC3)cc2C)c(C)c1. The molecule has 0 aromatic heterocycles. The molecule has 2 aromatic carbocycles. The molecular weight excluding hydrogens is 392 g/mol. The highest BCUT2D eigenvalue weighted by atomic mass is 32.2. The van der Waals surface area contributed by atoms with Crippen molar-refractivity contribution in [3.63, 3.8) is 0 Å². The van der Waals surface area contributed by atoms with Crippen molar-refractivity contribution in [3.05, 3.63) is 53.1 Å². The van der Waals surface area contributed by atoms with Crippen LogP contribution in [0.15, 0.2) is 41.3 Å². The van der Waals surface area contributed by atoms with E-state index in [0.717, 1.165) is 16.8 Å². The van der Waals surface area contributed by atoms with E-state index in [2.05, 4.69) is 5.32 Å². The molecule has 3 rings (SSSR count). The number of amides is 1. The maximum atomic E-state index is 12.7. The largest absolute Gasteiger partial charge is 0.483 e. The van der Waals surface area contributed by atoms with Crippen LogP contribution < -0.4 is 10.1 Å². The molecule has 0 radical (unpaired) electrons. The monoisotopic (exact) mass is 418 g/mol. The highest BCUT2D eigenvalue weighted by molar-refractivity contribution is 7.89. The van der Waals surface area contributed by atoms with Crippen molar-refractivity contribution in [2.24, 2.45) is 0 Å². The van der Waals surface area contributed by atoms with E-state index in [1.807, 2.05) is 32.0 Å². The lowest BCUT2D eigenvalue weighted by atomic mass is 10.1. The Hall–Kier alpha value is -2.42. The molecule has 0 aliphatic carbocycles. The smallest absolute Gasteiger partial charge is 0.262 e. The van der Waals surface area contributed by atoms with Crippen molar-refractivity contribution < 1.29 is 22.7 Å². The number of benzene rings is 2. The van der Waals surface area contributed by atoms with Crippen molar-refractivity contribution in [1.29, 1.82) is 0 Å². The van der Waals surface area contributed by atoms with Crippen molar-refractivity contribution in [2.75, 3.05) is 38.2 Å². The molecule has 156 valence electrons. The quantitative estimate of drug-likeness (QED) is 0.780. The van der Waals surface area contributed by atoms with Crippen molar-refractivity contribution in [2.45, 2.75) is 25.7 Å². The van der Waals surface area contributed by atoms with E-state index in [1.165, 1.54) is 10.4 Å². The molecule has 8 heteroatoms. The summed E-state index contributed by atoms with van der Waals surface area (Å²) in [5.74, 6) is 0.197. The van der Waals surface area contributed by atoms with Crippen LogP contribution in [-0.4, -0.2) is 51.5 Å². The van der Waals surface area contributed by atoms with E-state index >= 15 is 0 Å². The van der Waals surface area contributed by atoms with E-state index in [-0.39, 0.29) is 17.4 Å². The molecule has 0 saturated carbocycles. The van der Waals surface area contributed by atoms with E-state index in [1.54, 1.807) is 19.1 Å². The van der Waals surface area contributed by atoms with Crippen LogP contribution in [0.5, 0.6) is 5.75 Å². The highest BCUT2D eigenvalue weighted by Gasteiger charge is 2.26. The first-order valence-corrected chi connectivity index (χ1v) is 10.9. The Kier molecular flexibility index (Phi) is 6.56. The second kappa shape index (κ2) is 8.94. The summed E-state index contributed by atoms with van der Waals surface area (Å²) in [6.45, 7) is 7.01. The summed E-state index contributed by atoms with van der Waals surface area (Å²) >= 11 is 0. The van der Waals surface area contributed by atoms with Gasteiger partial charge >= 0.3 is 0 Å². The third-order valence-corrected chi connectivity index (χ3v) is 6.66. The van der Waals surface area contributed by atoms with Gasteiger partial charge in [-0.3, -0.25) is 4.79 Å². The number of carbonyl (C=O) groups excluding carboxylic acids is 1. The zero-order valence-electron chi connectivity index (χ0n) is 16.9. The fraction of sp³-hybridized carbons (Fsp3) is 0.381. The molecule has 1 amide bonds. The average molecular weight is 419 g/mol. The summed E-state index contributed by atoms with van der Waals surface area (Å²) in [5, 5.41) is 2.83. The molecule has 1 heterocycles. The lowest BCUT2D eigenvalue weighted by Crippen LogP contribution is -2.40. The van der Waals surface area contributed by atoms with E-state index in [0.29, 0.717) is 37.6 Å². The molecule has 1 N–H and O–H groups in total. The highest BCUT2D eigenvalue weighted by Crippen LogP contribution is 2.25. The standard InChI is InChI=1S/C21H26N2O5S/c1-15-4-6-19(16(2)12-15)22-21(24)14-28-20-7-5-18(13-17(20)3)29(25,26)23-8-10-27-11-9-23/h4-7,12-13H,8-11,14H2,1-3H3,(H,22,24). The van der Waals surface area contributed by atoms with Gasteiger partial charge in [0.2, 0.25) is 10.0 Å². The number of carbonyl (C=O) groups is 1. The molecule has 1 aliphatic heterocycles. The van der Waals surface area contributed by atoms with Gasteiger partial charge < -0.3 is 14.8 Å². The number of hydrogen-bond donors (Lipinski definition) is 1. The number of hydrogen-bond acceptors (Lipinski definition) is 5. The Morgan fingerprint density at radius 2 is 1.79 bits per heavy atom. The predicted octanol–water partition coefficient (Wildman–Crippen LogP) is 2.65. The zero-order chi connectivity index (χ0) is 21.0. The molecule has 1 saturated heterocycles. The van der Waals surface area contributed by atoms with Crippen LogP contribution in [-0.2, 0) is 19.6 Å². The molecule has 0 atom stereocenters. The van der Waals surface area contributed by atoms with Crippen LogP contribution in [0.2, 0.25) is 0 Å². The van der Waals surface area contributed by atoms with Gasteiger partial charge in [-0.25, -0.2) is 8.42 Å². The van der Waals surface area contributed by atoms with Gasteiger partial charge in [-0.2, -0.15) is 4.31 Å². The number of morpholine rings is 1. The van der Waals surface area contributed by atoms with Crippen LogP contribution in [0, 0.1) is 20.8 Å². The second-order valence-electron chi connectivity index (χ2n) is 7.10. The van der Waals surface area contributed by atoms with Crippen LogP contribution in [0.3, 0.4) is 0 Å². The Morgan fingerprint density at radius 3 is 2.45 bits per heavy atom. The first-order valence-electron chi connectivity index (χ1n) is 9.46. The van der Waals surface area contributed by atoms with Gasteiger partial charge in [0.05, 0.1) is 18.1 Å². The minimum absolute atomic E-state index is 0.163. The summed E-state index contributed by atoms with van der Waals surface area (Å²) in [6, 6.07) is 10.5. The number of nitrogens with zero attached hydrogens (tertiary/aromatic N) is 1. The van der Waals surface area contributed by atoms with Gasteiger partial charge in [0.15, 0.2) is 6.61 Å². The number of aryl methyl sites for hydroxylation is 3. The van der Waals surface area contributed by atoms with Crippen LogP contribution in [0.4, 0.5) is 5.69 Å². The summed E-state index contributed by atoms with van der Waals surface area (Å²) in [6.07, 6.45) is 0. The second-order valence-corrected chi connectivity index (χ2v) is 9.04. The molecule has 0 unspecified atom stereocenters. The molecule has 29 heavy (non-hydrogen) atoms. The number of sulfonamides is 1. The summed E-state index contributed by atoms with van der Waals surface area (Å²) in [5.41, 5.74) is 3.50. The number of ether oxygens (including phenoxy) is 2. The molecule has 2 aromatic rings. The van der Waals surface area contributed by atoms with Crippen LogP contribution in [0.25, 0.3) is 0 Å².